The maximum atomic E-state index is 10.5. The number of hydrogen-bond donors (Lipinski definition) is 1. The highest BCUT2D eigenvalue weighted by Gasteiger charge is 2.37. The summed E-state index contributed by atoms with van der Waals surface area (Å²) in [6, 6.07) is 4.75. The van der Waals surface area contributed by atoms with E-state index in [1.807, 2.05) is 0 Å². The van der Waals surface area contributed by atoms with Gasteiger partial charge in [-0.3, -0.25) is 0 Å². The molecule has 1 fully saturated rings. The van der Waals surface area contributed by atoms with Crippen molar-refractivity contribution < 1.29 is 9.90 Å². The van der Waals surface area contributed by atoms with Crippen LogP contribution in [0.15, 0.2) is 23.2 Å². The fourth-order valence-electron chi connectivity index (χ4n) is 2.36. The van der Waals surface area contributed by atoms with E-state index in [2.05, 4.69) is 4.99 Å². The minimum atomic E-state index is -0.572. The molecule has 3 nitrogen and oxygen atoms in total. The first-order valence-corrected chi connectivity index (χ1v) is 5.64. The first kappa shape index (κ1) is 11.2. The molecule has 0 atom stereocenters. The lowest BCUT2D eigenvalue weighted by Crippen LogP contribution is -2.19. The van der Waals surface area contributed by atoms with Gasteiger partial charge in [0.15, 0.2) is 0 Å². The summed E-state index contributed by atoms with van der Waals surface area (Å²) >= 11 is 6.10. The van der Waals surface area contributed by atoms with Crippen molar-refractivity contribution in [1.29, 1.82) is 0 Å². The summed E-state index contributed by atoms with van der Waals surface area (Å²) in [6.45, 7) is 0. The van der Waals surface area contributed by atoms with Gasteiger partial charge < -0.3 is 5.11 Å². The molecule has 1 saturated carbocycles. The predicted molar refractivity (Wildman–Crippen MR) is 61.4 cm³/mol. The smallest absolute Gasteiger partial charge is 0.235 e. The molecule has 0 heterocycles. The van der Waals surface area contributed by atoms with Crippen molar-refractivity contribution in [3.63, 3.8) is 0 Å². The van der Waals surface area contributed by atoms with Crippen LogP contribution in [0.25, 0.3) is 0 Å². The average molecular weight is 238 g/mol. The van der Waals surface area contributed by atoms with E-state index in [0.29, 0.717) is 5.02 Å². The first-order chi connectivity index (χ1) is 7.68. The molecule has 84 valence electrons. The highest BCUT2D eigenvalue weighted by atomic mass is 35.5. The van der Waals surface area contributed by atoms with Crippen LogP contribution >= 0.6 is 11.6 Å². The van der Waals surface area contributed by atoms with E-state index in [1.54, 1.807) is 18.2 Å². The van der Waals surface area contributed by atoms with Crippen LogP contribution in [0.4, 0.5) is 0 Å². The summed E-state index contributed by atoms with van der Waals surface area (Å²) in [6.07, 6.45) is 5.22. The molecule has 0 saturated heterocycles. The molecule has 1 aliphatic carbocycles. The Hall–Kier alpha value is -1.31. The summed E-state index contributed by atoms with van der Waals surface area (Å²) in [5.74, 6) is 0.145. The van der Waals surface area contributed by atoms with Gasteiger partial charge in [0.2, 0.25) is 6.08 Å². The quantitative estimate of drug-likeness (QED) is 0.635. The third-order valence-corrected chi connectivity index (χ3v) is 3.47. The van der Waals surface area contributed by atoms with Crippen LogP contribution in [0.5, 0.6) is 5.75 Å². The summed E-state index contributed by atoms with van der Waals surface area (Å²) in [5.41, 5.74) is 0.160. The van der Waals surface area contributed by atoms with Crippen molar-refractivity contribution in [2.75, 3.05) is 0 Å². The summed E-state index contributed by atoms with van der Waals surface area (Å²) < 4.78 is 0. The number of aliphatic imine (C=N–C) groups is 1. The zero-order chi connectivity index (χ0) is 11.6. The largest absolute Gasteiger partial charge is 0.508 e. The second kappa shape index (κ2) is 4.28. The standard InChI is InChI=1S/C12H12ClNO2/c13-11-4-3-9(16)7-10(11)12(14-8-15)5-1-2-6-12/h3-4,7,16H,1-2,5-6H2. The third-order valence-electron chi connectivity index (χ3n) is 3.14. The molecule has 0 radical (unpaired) electrons. The van der Waals surface area contributed by atoms with E-state index in [0.717, 1.165) is 31.2 Å². The van der Waals surface area contributed by atoms with Gasteiger partial charge in [-0.15, -0.1) is 0 Å². The fraction of sp³-hybridized carbons (Fsp3) is 0.417. The number of phenols is 1. The SMILES string of the molecule is O=C=NC1(c2cc(O)ccc2Cl)CCCC1. The van der Waals surface area contributed by atoms with Crippen molar-refractivity contribution in [3.8, 4) is 5.75 Å². The number of phenolic OH excluding ortho intramolecular Hbond substituents is 1. The lowest BCUT2D eigenvalue weighted by molar-refractivity contribution is 0.444. The van der Waals surface area contributed by atoms with Gasteiger partial charge in [0, 0.05) is 10.6 Å². The molecule has 2 rings (SSSR count). The molecule has 1 aromatic rings. The van der Waals surface area contributed by atoms with Crippen LogP contribution in [-0.2, 0) is 10.3 Å². The second-order valence-electron chi connectivity index (χ2n) is 4.11. The van der Waals surface area contributed by atoms with Crippen LogP contribution in [-0.4, -0.2) is 11.2 Å². The Kier molecular flexibility index (Phi) is 2.99. The first-order valence-electron chi connectivity index (χ1n) is 5.26. The maximum absolute atomic E-state index is 10.5. The molecular weight excluding hydrogens is 226 g/mol. The van der Waals surface area contributed by atoms with E-state index < -0.39 is 5.54 Å². The number of carbonyl (C=O) groups excluding carboxylic acids is 1. The van der Waals surface area contributed by atoms with E-state index in [1.165, 1.54) is 6.07 Å². The Morgan fingerprint density at radius 2 is 2.06 bits per heavy atom. The second-order valence-corrected chi connectivity index (χ2v) is 4.51. The summed E-state index contributed by atoms with van der Waals surface area (Å²) in [7, 11) is 0. The van der Waals surface area contributed by atoms with E-state index in [-0.39, 0.29) is 5.75 Å². The van der Waals surface area contributed by atoms with Crippen molar-refractivity contribution in [2.45, 2.75) is 31.2 Å². The Labute approximate surface area is 98.8 Å². The molecule has 0 spiro atoms. The zero-order valence-electron chi connectivity index (χ0n) is 8.74. The van der Waals surface area contributed by atoms with Gasteiger partial charge in [0.25, 0.3) is 0 Å². The topological polar surface area (TPSA) is 49.7 Å². The molecule has 1 aromatic carbocycles. The highest BCUT2D eigenvalue weighted by Crippen LogP contribution is 2.45. The normalized spacial score (nSPS) is 18.1. The lowest BCUT2D eigenvalue weighted by Gasteiger charge is -2.24. The highest BCUT2D eigenvalue weighted by molar-refractivity contribution is 6.31. The number of nitrogens with zero attached hydrogens (tertiary/aromatic N) is 1. The Morgan fingerprint density at radius 1 is 1.38 bits per heavy atom. The van der Waals surface area contributed by atoms with Crippen molar-refractivity contribution in [3.05, 3.63) is 28.8 Å². The van der Waals surface area contributed by atoms with Crippen LogP contribution in [0.2, 0.25) is 5.02 Å². The van der Waals surface area contributed by atoms with Gasteiger partial charge >= 0.3 is 0 Å². The summed E-state index contributed by atoms with van der Waals surface area (Å²) in [4.78, 5) is 14.5. The number of isocyanates is 1. The van der Waals surface area contributed by atoms with Gasteiger partial charge in [-0.05, 0) is 31.0 Å². The summed E-state index contributed by atoms with van der Waals surface area (Å²) in [5, 5.41) is 10.0. The fourth-order valence-corrected chi connectivity index (χ4v) is 2.65. The van der Waals surface area contributed by atoms with Gasteiger partial charge in [-0.1, -0.05) is 24.4 Å². The van der Waals surface area contributed by atoms with Gasteiger partial charge in [0.1, 0.15) is 5.75 Å². The molecule has 0 amide bonds. The minimum absolute atomic E-state index is 0.145. The van der Waals surface area contributed by atoms with Crippen LogP contribution < -0.4 is 0 Å². The van der Waals surface area contributed by atoms with E-state index in [9.17, 15) is 9.90 Å². The van der Waals surface area contributed by atoms with Gasteiger partial charge in [0.05, 0.1) is 5.54 Å². The number of halogens is 1. The maximum Gasteiger partial charge on any atom is 0.235 e. The molecule has 1 aliphatic rings. The van der Waals surface area contributed by atoms with Crippen molar-refractivity contribution in [1.82, 2.24) is 0 Å². The van der Waals surface area contributed by atoms with Crippen molar-refractivity contribution in [2.24, 2.45) is 4.99 Å². The van der Waals surface area contributed by atoms with Gasteiger partial charge in [-0.2, -0.15) is 4.99 Å². The average Bonchev–Trinajstić information content (AvgIpc) is 2.72. The molecule has 1 N–H and O–H groups in total. The molecule has 0 aliphatic heterocycles. The number of aromatic hydroxyl groups is 1. The predicted octanol–water partition coefficient (Wildman–Crippen LogP) is 3.15. The molecule has 0 bridgehead atoms. The molecule has 0 unspecified atom stereocenters. The molecule has 4 heteroatoms. The van der Waals surface area contributed by atoms with E-state index >= 15 is 0 Å². The zero-order valence-corrected chi connectivity index (χ0v) is 9.50. The number of benzene rings is 1. The Balaban J connectivity index is 2.54. The molecule has 16 heavy (non-hydrogen) atoms. The monoisotopic (exact) mass is 237 g/mol. The van der Waals surface area contributed by atoms with Crippen LogP contribution in [0.3, 0.4) is 0 Å². The minimum Gasteiger partial charge on any atom is -0.508 e. The molecular formula is C12H12ClNO2. The van der Waals surface area contributed by atoms with Crippen molar-refractivity contribution >= 4 is 17.7 Å². The number of hydrogen-bond acceptors (Lipinski definition) is 3. The van der Waals surface area contributed by atoms with Crippen LogP contribution in [0.1, 0.15) is 31.2 Å². The van der Waals surface area contributed by atoms with Gasteiger partial charge in [-0.25, -0.2) is 4.79 Å². The van der Waals surface area contributed by atoms with Crippen LogP contribution in [0, 0.1) is 0 Å². The Morgan fingerprint density at radius 3 is 2.69 bits per heavy atom. The van der Waals surface area contributed by atoms with E-state index in [4.69, 9.17) is 11.6 Å². The Bertz CT molecular complexity index is 446. The molecule has 0 aromatic heterocycles. The third kappa shape index (κ3) is 1.84. The number of rotatable bonds is 2. The lowest BCUT2D eigenvalue weighted by atomic mass is 9.89.